The molecule has 148 valence electrons. The zero-order valence-corrected chi connectivity index (χ0v) is 15.8. The summed E-state index contributed by atoms with van der Waals surface area (Å²) in [5, 5.41) is 2.01. The Morgan fingerprint density at radius 2 is 1.71 bits per heavy atom. The number of hydrogen-bond donors (Lipinski definition) is 0. The highest BCUT2D eigenvalue weighted by molar-refractivity contribution is 7.10. The summed E-state index contributed by atoms with van der Waals surface area (Å²) in [5.74, 6) is 0.00675. The Bertz CT molecular complexity index is 874. The molecule has 2 amide bonds. The lowest BCUT2D eigenvalue weighted by Crippen LogP contribution is -2.51. The van der Waals surface area contributed by atoms with Gasteiger partial charge >= 0.3 is 6.18 Å². The highest BCUT2D eigenvalue weighted by Crippen LogP contribution is 2.50. The van der Waals surface area contributed by atoms with Gasteiger partial charge in [0.25, 0.3) is 5.91 Å². The lowest BCUT2D eigenvalue weighted by Gasteiger charge is -2.35. The van der Waals surface area contributed by atoms with Gasteiger partial charge < -0.3 is 9.80 Å². The molecule has 1 saturated carbocycles. The molecule has 2 heterocycles. The average Bonchev–Trinajstić information content (AvgIpc) is 3.31. The summed E-state index contributed by atoms with van der Waals surface area (Å²) >= 11 is 1.66. The van der Waals surface area contributed by atoms with Gasteiger partial charge in [-0.05, 0) is 36.1 Å². The van der Waals surface area contributed by atoms with E-state index in [1.165, 1.54) is 21.9 Å². The molecule has 0 radical (unpaired) electrons. The van der Waals surface area contributed by atoms with Crippen molar-refractivity contribution in [3.8, 4) is 0 Å². The highest BCUT2D eigenvalue weighted by Gasteiger charge is 2.46. The van der Waals surface area contributed by atoms with E-state index >= 15 is 0 Å². The molecule has 4 rings (SSSR count). The van der Waals surface area contributed by atoms with Gasteiger partial charge in [-0.15, -0.1) is 11.3 Å². The van der Waals surface area contributed by atoms with Gasteiger partial charge in [0, 0.05) is 48.5 Å². The zero-order chi connectivity index (χ0) is 19.9. The first-order valence-electron chi connectivity index (χ1n) is 9.13. The smallest absolute Gasteiger partial charge is 0.339 e. The van der Waals surface area contributed by atoms with Crippen LogP contribution in [0.3, 0.4) is 0 Å². The maximum absolute atomic E-state index is 12.9. The number of halogens is 3. The number of carbonyl (C=O) groups excluding carboxylic acids is 2. The predicted octanol–water partition coefficient (Wildman–Crippen LogP) is 3.86. The summed E-state index contributed by atoms with van der Waals surface area (Å²) in [7, 11) is 0. The number of carbonyl (C=O) groups is 2. The molecule has 4 nitrogen and oxygen atoms in total. The van der Waals surface area contributed by atoms with Gasteiger partial charge in [0.05, 0.1) is 5.56 Å². The second-order valence-corrected chi connectivity index (χ2v) is 8.14. The van der Waals surface area contributed by atoms with E-state index in [0.717, 1.165) is 18.6 Å². The number of nitrogens with zero attached hydrogens (tertiary/aromatic N) is 2. The summed E-state index contributed by atoms with van der Waals surface area (Å²) in [6.45, 7) is 1.49. The van der Waals surface area contributed by atoms with Crippen LogP contribution >= 0.6 is 11.3 Å². The molecule has 2 aliphatic rings. The van der Waals surface area contributed by atoms with Crippen molar-refractivity contribution in [1.82, 2.24) is 9.80 Å². The van der Waals surface area contributed by atoms with Crippen molar-refractivity contribution >= 4 is 23.2 Å². The van der Waals surface area contributed by atoms with Crippen LogP contribution in [0.4, 0.5) is 13.2 Å². The summed E-state index contributed by atoms with van der Waals surface area (Å²) in [6.07, 6.45) is -3.62. The normalized spacial score (nSPS) is 22.2. The predicted molar refractivity (Wildman–Crippen MR) is 99.1 cm³/mol. The number of thiophene rings is 1. The maximum Gasteiger partial charge on any atom is 0.416 e. The van der Waals surface area contributed by atoms with E-state index in [9.17, 15) is 22.8 Å². The van der Waals surface area contributed by atoms with Crippen LogP contribution in [-0.2, 0) is 11.0 Å². The molecule has 1 aromatic carbocycles. The second kappa shape index (κ2) is 7.24. The number of benzene rings is 1. The Morgan fingerprint density at radius 1 is 1.00 bits per heavy atom. The molecule has 2 atom stereocenters. The molecule has 2 fully saturated rings. The molecular formula is C20H19F3N2O2S. The molecule has 1 aromatic heterocycles. The first-order valence-corrected chi connectivity index (χ1v) is 10.0. The fourth-order valence-electron chi connectivity index (χ4n) is 3.66. The van der Waals surface area contributed by atoms with Crippen LogP contribution in [0.25, 0.3) is 0 Å². The molecule has 0 bridgehead atoms. The van der Waals surface area contributed by atoms with Crippen LogP contribution in [0.1, 0.15) is 33.1 Å². The van der Waals surface area contributed by atoms with Crippen molar-refractivity contribution in [2.24, 2.45) is 5.92 Å². The van der Waals surface area contributed by atoms with Crippen molar-refractivity contribution in [3.05, 3.63) is 57.8 Å². The lowest BCUT2D eigenvalue weighted by molar-refractivity contribution is -0.137. The Hall–Kier alpha value is -2.35. The molecule has 0 N–H and O–H groups in total. The minimum absolute atomic E-state index is 0.0179. The van der Waals surface area contributed by atoms with Crippen LogP contribution in [-0.4, -0.2) is 47.8 Å². The van der Waals surface area contributed by atoms with Gasteiger partial charge in [0.2, 0.25) is 5.91 Å². The molecule has 2 unspecified atom stereocenters. The van der Waals surface area contributed by atoms with Crippen LogP contribution in [0.2, 0.25) is 0 Å². The minimum Gasteiger partial charge on any atom is -0.339 e. The summed E-state index contributed by atoms with van der Waals surface area (Å²) in [4.78, 5) is 29.8. The lowest BCUT2D eigenvalue weighted by atomic mass is 10.1. The third-order valence-corrected chi connectivity index (χ3v) is 6.34. The van der Waals surface area contributed by atoms with Gasteiger partial charge in [0.1, 0.15) is 0 Å². The molecule has 8 heteroatoms. The molecule has 2 aromatic rings. The number of hydrogen-bond acceptors (Lipinski definition) is 3. The third kappa shape index (κ3) is 3.78. The SMILES string of the molecule is O=C(c1cccc(C(F)(F)F)c1)N1CCN(C(=O)C2CC2c2cccs2)CC1. The Balaban J connectivity index is 1.34. The van der Waals surface area contributed by atoms with E-state index in [0.29, 0.717) is 32.1 Å². The Kier molecular flexibility index (Phi) is 4.91. The number of rotatable bonds is 3. The van der Waals surface area contributed by atoms with Gasteiger partial charge in [-0.2, -0.15) is 13.2 Å². The van der Waals surface area contributed by atoms with Crippen LogP contribution < -0.4 is 0 Å². The molecule has 28 heavy (non-hydrogen) atoms. The second-order valence-electron chi connectivity index (χ2n) is 7.16. The monoisotopic (exact) mass is 408 g/mol. The van der Waals surface area contributed by atoms with Gasteiger partial charge in [-0.25, -0.2) is 0 Å². The van der Waals surface area contributed by atoms with Gasteiger partial charge in [-0.3, -0.25) is 9.59 Å². The summed E-state index contributed by atoms with van der Waals surface area (Å²) in [6, 6.07) is 8.51. The minimum atomic E-state index is -4.48. The number of alkyl halides is 3. The molecule has 1 aliphatic heterocycles. The van der Waals surface area contributed by atoms with Crippen LogP contribution in [0.5, 0.6) is 0 Å². The van der Waals surface area contributed by atoms with E-state index < -0.39 is 17.6 Å². The van der Waals surface area contributed by atoms with Crippen LogP contribution in [0, 0.1) is 5.92 Å². The fourth-order valence-corrected chi connectivity index (χ4v) is 4.57. The van der Waals surface area contributed by atoms with E-state index in [1.807, 2.05) is 17.5 Å². The van der Waals surface area contributed by atoms with Gasteiger partial charge in [-0.1, -0.05) is 12.1 Å². The van der Waals surface area contributed by atoms with Crippen molar-refractivity contribution in [1.29, 1.82) is 0 Å². The fraction of sp³-hybridized carbons (Fsp3) is 0.400. The first-order chi connectivity index (χ1) is 13.3. The molecule has 1 aliphatic carbocycles. The standard InChI is InChI=1S/C20H19F3N2O2S/c21-20(22,23)14-4-1-3-13(11-14)18(26)24-6-8-25(9-7-24)19(27)16-12-15(16)17-5-2-10-28-17/h1-5,10-11,15-16H,6-9,12H2. The van der Waals surface area contributed by atoms with Crippen molar-refractivity contribution in [3.63, 3.8) is 0 Å². The quantitative estimate of drug-likeness (QED) is 0.774. The largest absolute Gasteiger partial charge is 0.416 e. The Morgan fingerprint density at radius 3 is 2.36 bits per heavy atom. The average molecular weight is 408 g/mol. The zero-order valence-electron chi connectivity index (χ0n) is 15.0. The maximum atomic E-state index is 12.9. The Labute approximate surface area is 164 Å². The third-order valence-electron chi connectivity index (χ3n) is 5.33. The molecule has 0 spiro atoms. The van der Waals surface area contributed by atoms with E-state index in [-0.39, 0.29) is 17.4 Å². The number of piperazine rings is 1. The summed E-state index contributed by atoms with van der Waals surface area (Å²) < 4.78 is 38.6. The van der Waals surface area contributed by atoms with Gasteiger partial charge in [0.15, 0.2) is 0 Å². The van der Waals surface area contributed by atoms with Crippen molar-refractivity contribution < 1.29 is 22.8 Å². The topological polar surface area (TPSA) is 40.6 Å². The van der Waals surface area contributed by atoms with Crippen molar-refractivity contribution in [2.75, 3.05) is 26.2 Å². The van der Waals surface area contributed by atoms with E-state index in [4.69, 9.17) is 0 Å². The van der Waals surface area contributed by atoms with E-state index in [1.54, 1.807) is 16.2 Å². The molecule has 1 saturated heterocycles. The van der Waals surface area contributed by atoms with Crippen LogP contribution in [0.15, 0.2) is 41.8 Å². The van der Waals surface area contributed by atoms with Crippen molar-refractivity contribution in [2.45, 2.75) is 18.5 Å². The summed E-state index contributed by atoms with van der Waals surface area (Å²) in [5.41, 5.74) is -0.810. The number of amides is 2. The first kappa shape index (κ1) is 19.0. The highest BCUT2D eigenvalue weighted by atomic mass is 32.1. The molecular weight excluding hydrogens is 389 g/mol. The van der Waals surface area contributed by atoms with E-state index in [2.05, 4.69) is 0 Å².